The summed E-state index contributed by atoms with van der Waals surface area (Å²) in [7, 11) is 0. The van der Waals surface area contributed by atoms with Crippen LogP contribution < -0.4 is 0 Å². The standard InChI is InChI=1S/C6H7BrO/c7-6-3-1-2-5(6)4-8/h1-2,4-6H,3H2. The number of alkyl halides is 1. The van der Waals surface area contributed by atoms with Crippen molar-refractivity contribution in [3.05, 3.63) is 12.2 Å². The topological polar surface area (TPSA) is 17.1 Å². The first-order valence-corrected chi connectivity index (χ1v) is 3.52. The smallest absolute Gasteiger partial charge is 0.127 e. The Labute approximate surface area is 56.9 Å². The lowest BCUT2D eigenvalue weighted by Gasteiger charge is -2.01. The number of allylic oxidation sites excluding steroid dienone is 2. The summed E-state index contributed by atoms with van der Waals surface area (Å²) in [4.78, 5) is 10.5. The third kappa shape index (κ3) is 0.996. The van der Waals surface area contributed by atoms with Crippen LogP contribution in [0.25, 0.3) is 0 Å². The highest BCUT2D eigenvalue weighted by molar-refractivity contribution is 9.09. The van der Waals surface area contributed by atoms with Crippen LogP contribution in [0.15, 0.2) is 12.2 Å². The van der Waals surface area contributed by atoms with Crippen molar-refractivity contribution in [2.45, 2.75) is 11.2 Å². The van der Waals surface area contributed by atoms with Crippen LogP contribution in [0.3, 0.4) is 0 Å². The minimum Gasteiger partial charge on any atom is -0.303 e. The van der Waals surface area contributed by atoms with Gasteiger partial charge in [0.15, 0.2) is 0 Å². The Kier molecular flexibility index (Phi) is 1.84. The van der Waals surface area contributed by atoms with E-state index in [9.17, 15) is 4.79 Å². The number of hydrogen-bond donors (Lipinski definition) is 0. The van der Waals surface area contributed by atoms with Crippen LogP contribution in [-0.2, 0) is 4.79 Å². The molecule has 0 amide bonds. The molecule has 0 saturated heterocycles. The molecule has 2 atom stereocenters. The first-order valence-electron chi connectivity index (χ1n) is 2.60. The highest BCUT2D eigenvalue weighted by atomic mass is 79.9. The van der Waals surface area contributed by atoms with E-state index in [-0.39, 0.29) is 5.92 Å². The number of carbonyl (C=O) groups is 1. The van der Waals surface area contributed by atoms with Crippen LogP contribution in [0.2, 0.25) is 0 Å². The van der Waals surface area contributed by atoms with Gasteiger partial charge in [0.05, 0.1) is 0 Å². The normalized spacial score (nSPS) is 35.6. The van der Waals surface area contributed by atoms with E-state index in [1.54, 1.807) is 0 Å². The molecule has 2 unspecified atom stereocenters. The van der Waals surface area contributed by atoms with Crippen LogP contribution in [0.4, 0.5) is 0 Å². The summed E-state index contributed by atoms with van der Waals surface area (Å²) in [5, 5.41) is 0. The number of rotatable bonds is 1. The van der Waals surface area contributed by atoms with E-state index in [0.717, 1.165) is 12.7 Å². The average Bonchev–Trinajstić information content (AvgIpc) is 2.14. The Morgan fingerprint density at radius 2 is 2.50 bits per heavy atom. The van der Waals surface area contributed by atoms with Gasteiger partial charge in [-0.15, -0.1) is 0 Å². The van der Waals surface area contributed by atoms with E-state index in [1.165, 1.54) is 0 Å². The summed E-state index contributed by atoms with van der Waals surface area (Å²) in [5.41, 5.74) is 0. The fourth-order valence-electron chi connectivity index (χ4n) is 0.774. The van der Waals surface area contributed by atoms with Gasteiger partial charge in [-0.25, -0.2) is 0 Å². The van der Waals surface area contributed by atoms with Crippen LogP contribution in [-0.4, -0.2) is 11.1 Å². The van der Waals surface area contributed by atoms with Gasteiger partial charge in [-0.1, -0.05) is 28.1 Å². The fourth-order valence-corrected chi connectivity index (χ4v) is 1.29. The molecule has 0 aliphatic heterocycles. The van der Waals surface area contributed by atoms with Crippen LogP contribution in [0, 0.1) is 5.92 Å². The van der Waals surface area contributed by atoms with Gasteiger partial charge in [0.25, 0.3) is 0 Å². The second-order valence-electron chi connectivity index (χ2n) is 1.89. The van der Waals surface area contributed by atoms with E-state index in [0.29, 0.717) is 4.83 Å². The van der Waals surface area contributed by atoms with Gasteiger partial charge in [0, 0.05) is 10.7 Å². The van der Waals surface area contributed by atoms with Gasteiger partial charge in [-0.2, -0.15) is 0 Å². The highest BCUT2D eigenvalue weighted by Gasteiger charge is 2.17. The lowest BCUT2D eigenvalue weighted by atomic mass is 10.1. The lowest BCUT2D eigenvalue weighted by molar-refractivity contribution is -0.109. The number of carbonyl (C=O) groups excluding carboxylic acids is 1. The molecule has 1 rings (SSSR count). The molecule has 0 radical (unpaired) electrons. The first-order chi connectivity index (χ1) is 3.84. The second-order valence-corrected chi connectivity index (χ2v) is 3.07. The Balaban J connectivity index is 2.52. The molecule has 0 saturated carbocycles. The van der Waals surface area contributed by atoms with Crippen LogP contribution >= 0.6 is 15.9 Å². The van der Waals surface area contributed by atoms with E-state index in [1.807, 2.05) is 12.2 Å². The van der Waals surface area contributed by atoms with Crippen molar-refractivity contribution in [3.8, 4) is 0 Å². The fraction of sp³-hybridized carbons (Fsp3) is 0.500. The van der Waals surface area contributed by atoms with E-state index in [4.69, 9.17) is 0 Å². The van der Waals surface area contributed by atoms with Crippen molar-refractivity contribution >= 4 is 22.2 Å². The zero-order chi connectivity index (χ0) is 5.98. The van der Waals surface area contributed by atoms with Crippen LogP contribution in [0.1, 0.15) is 6.42 Å². The maximum absolute atomic E-state index is 10.1. The summed E-state index contributed by atoms with van der Waals surface area (Å²) in [6.07, 6.45) is 5.93. The molecule has 44 valence electrons. The summed E-state index contributed by atoms with van der Waals surface area (Å²) >= 11 is 3.37. The zero-order valence-electron chi connectivity index (χ0n) is 4.38. The first kappa shape index (κ1) is 6.02. The van der Waals surface area contributed by atoms with Crippen LogP contribution in [0.5, 0.6) is 0 Å². The predicted octanol–water partition coefficient (Wildman–Crippen LogP) is 1.52. The highest BCUT2D eigenvalue weighted by Crippen LogP contribution is 2.22. The second kappa shape index (κ2) is 2.44. The average molecular weight is 175 g/mol. The van der Waals surface area contributed by atoms with E-state index < -0.39 is 0 Å². The Bertz CT molecular complexity index is 120. The van der Waals surface area contributed by atoms with Crippen molar-refractivity contribution < 1.29 is 4.79 Å². The van der Waals surface area contributed by atoms with Gasteiger partial charge < -0.3 is 4.79 Å². The minimum atomic E-state index is 0.120. The lowest BCUT2D eigenvalue weighted by Crippen LogP contribution is -2.06. The molecule has 1 aliphatic carbocycles. The maximum Gasteiger partial charge on any atom is 0.127 e. The van der Waals surface area contributed by atoms with Gasteiger partial charge >= 0.3 is 0 Å². The monoisotopic (exact) mass is 174 g/mol. The Morgan fingerprint density at radius 3 is 2.75 bits per heavy atom. The third-order valence-corrected chi connectivity index (χ3v) is 2.28. The molecule has 1 nitrogen and oxygen atoms in total. The largest absolute Gasteiger partial charge is 0.303 e. The molecule has 0 aromatic carbocycles. The van der Waals surface area contributed by atoms with Crippen molar-refractivity contribution in [1.29, 1.82) is 0 Å². The van der Waals surface area contributed by atoms with Crippen molar-refractivity contribution in [2.75, 3.05) is 0 Å². The molecule has 0 heterocycles. The zero-order valence-corrected chi connectivity index (χ0v) is 5.97. The molecule has 1 aliphatic rings. The van der Waals surface area contributed by atoms with Gasteiger partial charge in [0.2, 0.25) is 0 Å². The Morgan fingerprint density at radius 1 is 1.75 bits per heavy atom. The molecule has 0 N–H and O–H groups in total. The van der Waals surface area contributed by atoms with Gasteiger partial charge in [-0.05, 0) is 6.42 Å². The quantitative estimate of drug-likeness (QED) is 0.335. The maximum atomic E-state index is 10.1. The van der Waals surface area contributed by atoms with Crippen molar-refractivity contribution in [3.63, 3.8) is 0 Å². The van der Waals surface area contributed by atoms with E-state index >= 15 is 0 Å². The minimum absolute atomic E-state index is 0.120. The summed E-state index contributed by atoms with van der Waals surface area (Å²) in [6.45, 7) is 0. The predicted molar refractivity (Wildman–Crippen MR) is 36.0 cm³/mol. The molecule has 0 aromatic heterocycles. The summed E-state index contributed by atoms with van der Waals surface area (Å²) in [5.74, 6) is 0.120. The molecular weight excluding hydrogens is 168 g/mol. The molecule has 0 fully saturated rings. The van der Waals surface area contributed by atoms with E-state index in [2.05, 4.69) is 15.9 Å². The number of hydrogen-bond acceptors (Lipinski definition) is 1. The molecule has 0 bridgehead atoms. The van der Waals surface area contributed by atoms with Gasteiger partial charge in [-0.3, -0.25) is 0 Å². The van der Waals surface area contributed by atoms with Crippen molar-refractivity contribution in [1.82, 2.24) is 0 Å². The van der Waals surface area contributed by atoms with Crippen molar-refractivity contribution in [2.24, 2.45) is 5.92 Å². The Hall–Kier alpha value is -0.110. The third-order valence-electron chi connectivity index (χ3n) is 1.29. The molecule has 0 spiro atoms. The summed E-state index contributed by atoms with van der Waals surface area (Å²) in [6, 6.07) is 0. The summed E-state index contributed by atoms with van der Waals surface area (Å²) < 4.78 is 0. The molecule has 2 heteroatoms. The molecule has 0 aromatic rings. The molecular formula is C6H7BrO. The SMILES string of the molecule is O=CC1C=CCC1Br. The number of halogens is 1. The van der Waals surface area contributed by atoms with Gasteiger partial charge in [0.1, 0.15) is 6.29 Å². The molecule has 8 heavy (non-hydrogen) atoms. The number of aldehydes is 1.